The van der Waals surface area contributed by atoms with Crippen LogP contribution >= 0.6 is 24.0 Å². The molecular weight excluding hydrogens is 264 g/mol. The summed E-state index contributed by atoms with van der Waals surface area (Å²) in [5.74, 6) is 0.802. The van der Waals surface area contributed by atoms with E-state index in [4.69, 9.17) is 18.0 Å². The molecule has 0 aliphatic carbocycles. The summed E-state index contributed by atoms with van der Waals surface area (Å²) in [6.07, 6.45) is 4.89. The van der Waals surface area contributed by atoms with E-state index in [0.29, 0.717) is 0 Å². The first-order chi connectivity index (χ1) is 8.59. The van der Waals surface area contributed by atoms with Gasteiger partial charge >= 0.3 is 0 Å². The van der Waals surface area contributed by atoms with E-state index < -0.39 is 0 Å². The van der Waals surface area contributed by atoms with E-state index in [9.17, 15) is 4.79 Å². The maximum absolute atomic E-state index is 10.8. The molecule has 0 bridgehead atoms. The van der Waals surface area contributed by atoms with E-state index in [1.54, 1.807) is 6.92 Å². The molecule has 96 valence electrons. The number of anilines is 1. The minimum Gasteiger partial charge on any atom is -0.376 e. The van der Waals surface area contributed by atoms with E-state index in [2.05, 4.69) is 5.32 Å². The molecule has 0 atom stereocenters. The summed E-state index contributed by atoms with van der Waals surface area (Å²) >= 11 is 6.16. The molecule has 0 spiro atoms. The number of hydrogen-bond donors (Lipinski definition) is 2. The molecule has 1 aromatic rings. The van der Waals surface area contributed by atoms with Crippen LogP contribution in [-0.2, 0) is 4.79 Å². The van der Waals surface area contributed by atoms with Gasteiger partial charge in [0, 0.05) is 18.4 Å². The molecule has 0 saturated carbocycles. The smallest absolute Gasteiger partial charge is 0.185 e. The maximum atomic E-state index is 10.8. The van der Waals surface area contributed by atoms with Crippen LogP contribution in [0.5, 0.6) is 0 Å². The summed E-state index contributed by atoms with van der Waals surface area (Å²) in [6.45, 7) is 1.58. The zero-order valence-electron chi connectivity index (χ0n) is 10.2. The van der Waals surface area contributed by atoms with Gasteiger partial charge in [0.25, 0.3) is 0 Å². The lowest BCUT2D eigenvalue weighted by Gasteiger charge is -2.07. The van der Waals surface area contributed by atoms with Gasteiger partial charge in [-0.25, -0.2) is 0 Å². The van der Waals surface area contributed by atoms with Crippen LogP contribution in [0.25, 0.3) is 6.08 Å². The highest BCUT2D eigenvalue weighted by Gasteiger charge is 1.98. The minimum absolute atomic E-state index is 0.152. The van der Waals surface area contributed by atoms with Crippen molar-refractivity contribution in [3.63, 3.8) is 0 Å². The Hall–Kier alpha value is -1.33. The first-order valence-electron chi connectivity index (χ1n) is 5.55. The van der Waals surface area contributed by atoms with E-state index in [-0.39, 0.29) is 10.2 Å². The van der Waals surface area contributed by atoms with Crippen molar-refractivity contribution in [2.45, 2.75) is 13.3 Å². The number of carbonyl (C=O) groups excluding carboxylic acids is 1. The summed E-state index contributed by atoms with van der Waals surface area (Å²) in [5, 5.41) is 3.34. The van der Waals surface area contributed by atoms with E-state index in [0.717, 1.165) is 23.4 Å². The molecule has 0 saturated heterocycles. The van der Waals surface area contributed by atoms with Gasteiger partial charge in [-0.05, 0) is 30.3 Å². The van der Waals surface area contributed by atoms with Crippen LogP contribution in [0.1, 0.15) is 18.9 Å². The third-order valence-electron chi connectivity index (χ3n) is 2.11. The van der Waals surface area contributed by atoms with Crippen LogP contribution in [0, 0.1) is 0 Å². The van der Waals surface area contributed by atoms with Crippen molar-refractivity contribution in [3.8, 4) is 0 Å². The van der Waals surface area contributed by atoms with E-state index in [1.165, 1.54) is 11.8 Å². The standard InChI is InChI=1S/C13H16N2OS2/c1-10(16)18-9-5-4-7-11-6-2-3-8-12(11)15-13(14)17/h2-4,6-8H,5,9H2,1H3,(H3,14,15,17). The Bertz CT molecular complexity index is 458. The monoisotopic (exact) mass is 280 g/mol. The largest absolute Gasteiger partial charge is 0.376 e. The molecule has 5 heteroatoms. The average Bonchev–Trinajstić information content (AvgIpc) is 2.29. The van der Waals surface area contributed by atoms with Gasteiger partial charge < -0.3 is 11.1 Å². The number of nitrogens with two attached hydrogens (primary N) is 1. The molecule has 0 aliphatic rings. The van der Waals surface area contributed by atoms with Crippen molar-refractivity contribution in [2.75, 3.05) is 11.1 Å². The van der Waals surface area contributed by atoms with Crippen molar-refractivity contribution in [3.05, 3.63) is 35.9 Å². The highest BCUT2D eigenvalue weighted by Crippen LogP contribution is 2.17. The van der Waals surface area contributed by atoms with Gasteiger partial charge in [-0.15, -0.1) is 0 Å². The number of carbonyl (C=O) groups is 1. The Morgan fingerprint density at radius 1 is 1.50 bits per heavy atom. The van der Waals surface area contributed by atoms with Crippen LogP contribution in [0.15, 0.2) is 30.3 Å². The van der Waals surface area contributed by atoms with Gasteiger partial charge in [0.05, 0.1) is 0 Å². The van der Waals surface area contributed by atoms with Gasteiger partial charge in [0.15, 0.2) is 10.2 Å². The number of para-hydroxylation sites is 1. The Labute approximate surface area is 117 Å². The average molecular weight is 280 g/mol. The predicted octanol–water partition coefficient (Wildman–Crippen LogP) is 3.03. The summed E-state index contributed by atoms with van der Waals surface area (Å²) in [4.78, 5) is 10.8. The van der Waals surface area contributed by atoms with Crippen LogP contribution in [0.2, 0.25) is 0 Å². The third kappa shape index (κ3) is 5.84. The topological polar surface area (TPSA) is 55.1 Å². The molecule has 1 rings (SSSR count). The normalized spacial score (nSPS) is 10.5. The Kier molecular flexibility index (Phi) is 6.46. The van der Waals surface area contributed by atoms with Gasteiger partial charge in [0.2, 0.25) is 0 Å². The zero-order chi connectivity index (χ0) is 13.4. The zero-order valence-corrected chi connectivity index (χ0v) is 11.8. The number of benzene rings is 1. The van der Waals surface area contributed by atoms with Crippen molar-refractivity contribution < 1.29 is 4.79 Å². The third-order valence-corrected chi connectivity index (χ3v) is 3.05. The molecule has 0 amide bonds. The predicted molar refractivity (Wildman–Crippen MR) is 83.6 cm³/mol. The molecule has 0 aliphatic heterocycles. The van der Waals surface area contributed by atoms with E-state index in [1.807, 2.05) is 36.4 Å². The van der Waals surface area contributed by atoms with Gasteiger partial charge in [-0.3, -0.25) is 4.79 Å². The van der Waals surface area contributed by atoms with Gasteiger partial charge in [-0.2, -0.15) is 0 Å². The second kappa shape index (κ2) is 7.89. The van der Waals surface area contributed by atoms with Crippen LogP contribution in [0.4, 0.5) is 5.69 Å². The van der Waals surface area contributed by atoms with Crippen molar-refractivity contribution >= 4 is 46.0 Å². The summed E-state index contributed by atoms with van der Waals surface area (Å²) < 4.78 is 0. The Balaban J connectivity index is 2.57. The maximum Gasteiger partial charge on any atom is 0.185 e. The first kappa shape index (κ1) is 14.7. The molecule has 3 nitrogen and oxygen atoms in total. The lowest BCUT2D eigenvalue weighted by molar-refractivity contribution is -0.109. The second-order valence-electron chi connectivity index (χ2n) is 3.61. The quantitative estimate of drug-likeness (QED) is 0.641. The second-order valence-corrected chi connectivity index (χ2v) is 5.32. The molecule has 1 aromatic carbocycles. The van der Waals surface area contributed by atoms with Crippen molar-refractivity contribution in [2.24, 2.45) is 5.73 Å². The minimum atomic E-state index is 0.152. The molecule has 18 heavy (non-hydrogen) atoms. The fourth-order valence-corrected chi connectivity index (χ4v) is 2.02. The SMILES string of the molecule is CC(=O)SCCC=Cc1ccccc1NC(N)=S. The number of allylic oxidation sites excluding steroid dienone is 1. The number of rotatable bonds is 5. The van der Waals surface area contributed by atoms with Crippen LogP contribution in [-0.4, -0.2) is 16.0 Å². The van der Waals surface area contributed by atoms with Crippen molar-refractivity contribution in [1.82, 2.24) is 0 Å². The van der Waals surface area contributed by atoms with Gasteiger partial charge in [0.1, 0.15) is 0 Å². The summed E-state index contributed by atoms with van der Waals surface area (Å²) in [7, 11) is 0. The molecule has 0 heterocycles. The molecule has 3 N–H and O–H groups in total. The number of thioether (sulfide) groups is 1. The lowest BCUT2D eigenvalue weighted by atomic mass is 10.1. The fraction of sp³-hybridized carbons (Fsp3) is 0.231. The van der Waals surface area contributed by atoms with Crippen LogP contribution in [0.3, 0.4) is 0 Å². The van der Waals surface area contributed by atoms with E-state index >= 15 is 0 Å². The molecule has 0 radical (unpaired) electrons. The molecular formula is C13H16N2OS2. The summed E-state index contributed by atoms with van der Waals surface area (Å²) in [6, 6.07) is 7.77. The highest BCUT2D eigenvalue weighted by atomic mass is 32.2. The number of thiocarbonyl (C=S) groups is 1. The van der Waals surface area contributed by atoms with Crippen LogP contribution < -0.4 is 11.1 Å². The first-order valence-corrected chi connectivity index (χ1v) is 6.94. The Morgan fingerprint density at radius 3 is 2.89 bits per heavy atom. The number of hydrogen-bond acceptors (Lipinski definition) is 3. The van der Waals surface area contributed by atoms with Crippen molar-refractivity contribution in [1.29, 1.82) is 0 Å². The lowest BCUT2D eigenvalue weighted by Crippen LogP contribution is -2.19. The molecule has 0 aromatic heterocycles. The molecule has 0 unspecified atom stereocenters. The summed E-state index contributed by atoms with van der Waals surface area (Å²) in [5.41, 5.74) is 7.37. The highest BCUT2D eigenvalue weighted by molar-refractivity contribution is 8.13. The van der Waals surface area contributed by atoms with Gasteiger partial charge in [-0.1, -0.05) is 42.1 Å². The Morgan fingerprint density at radius 2 is 2.22 bits per heavy atom. The molecule has 0 fully saturated rings. The number of nitrogens with one attached hydrogen (secondary N) is 1. The fourth-order valence-electron chi connectivity index (χ4n) is 1.37.